The van der Waals surface area contributed by atoms with Crippen LogP contribution in [0.4, 0.5) is 13.2 Å². The molecule has 0 spiro atoms. The molecular weight excluding hydrogens is 527 g/mol. The fourth-order valence-electron chi connectivity index (χ4n) is 4.11. The van der Waals surface area contributed by atoms with Crippen molar-refractivity contribution in [2.24, 2.45) is 0 Å². The van der Waals surface area contributed by atoms with Gasteiger partial charge in [-0.05, 0) is 85.0 Å². The number of alkyl halides is 3. The van der Waals surface area contributed by atoms with Crippen LogP contribution < -0.4 is 4.74 Å². The predicted octanol–water partition coefficient (Wildman–Crippen LogP) is 7.79. The van der Waals surface area contributed by atoms with Crippen LogP contribution in [0, 0.1) is 6.92 Å². The third-order valence-corrected chi connectivity index (χ3v) is 7.04. The molecule has 0 aliphatic rings. The summed E-state index contributed by atoms with van der Waals surface area (Å²) < 4.78 is 46.4. The first-order chi connectivity index (χ1) is 18.7. The van der Waals surface area contributed by atoms with Crippen LogP contribution in [0.1, 0.15) is 23.1 Å². The van der Waals surface area contributed by atoms with Gasteiger partial charge in [0.15, 0.2) is 0 Å². The second-order valence-electron chi connectivity index (χ2n) is 8.86. The van der Waals surface area contributed by atoms with Gasteiger partial charge in [-0.1, -0.05) is 12.1 Å². The Balaban J connectivity index is 1.38. The molecule has 0 atom stereocenters. The number of carboxylic acid groups (broad SMARTS) is 1. The van der Waals surface area contributed by atoms with Crippen molar-refractivity contribution in [3.63, 3.8) is 0 Å². The van der Waals surface area contributed by atoms with Crippen molar-refractivity contribution in [1.82, 2.24) is 13.9 Å². The van der Waals surface area contributed by atoms with Crippen molar-refractivity contribution >= 4 is 28.8 Å². The number of aromatic nitrogens is 3. The molecule has 0 radical (unpaired) electrons. The molecule has 0 amide bonds. The Hall–Kier alpha value is -4.31. The lowest BCUT2D eigenvalue weighted by molar-refractivity contribution is -0.138. The molecule has 10 heteroatoms. The molecule has 0 fully saturated rings. The second-order valence-corrected chi connectivity index (χ2v) is 9.90. The van der Waals surface area contributed by atoms with Crippen LogP contribution in [0.15, 0.2) is 90.3 Å². The zero-order valence-corrected chi connectivity index (χ0v) is 21.5. The van der Waals surface area contributed by atoms with Crippen molar-refractivity contribution in [1.29, 1.82) is 0 Å². The smallest absolute Gasteiger partial charge is 0.417 e. The van der Waals surface area contributed by atoms with Crippen LogP contribution >= 0.6 is 11.9 Å². The summed E-state index contributed by atoms with van der Waals surface area (Å²) >= 11 is 1.46. The molecule has 2 aromatic carbocycles. The van der Waals surface area contributed by atoms with Gasteiger partial charge < -0.3 is 9.84 Å². The van der Waals surface area contributed by atoms with Crippen molar-refractivity contribution in [3.05, 3.63) is 102 Å². The number of fused-ring (bicyclic) bond motifs is 1. The second kappa shape index (κ2) is 10.8. The lowest BCUT2D eigenvalue weighted by atomic mass is 10.0. The van der Waals surface area contributed by atoms with E-state index in [0.717, 1.165) is 44.8 Å². The van der Waals surface area contributed by atoms with E-state index in [4.69, 9.17) is 4.74 Å². The number of hydrogen-bond acceptors (Lipinski definition) is 5. The fraction of sp³-hybridized carbons (Fsp3) is 0.138. The van der Waals surface area contributed by atoms with Crippen molar-refractivity contribution in [2.45, 2.75) is 30.8 Å². The van der Waals surface area contributed by atoms with E-state index in [1.807, 2.05) is 46.6 Å². The van der Waals surface area contributed by atoms with Gasteiger partial charge in [0, 0.05) is 52.6 Å². The number of pyridine rings is 2. The van der Waals surface area contributed by atoms with E-state index in [0.29, 0.717) is 12.2 Å². The largest absolute Gasteiger partial charge is 0.481 e. The maximum absolute atomic E-state index is 12.9. The summed E-state index contributed by atoms with van der Waals surface area (Å²) in [7, 11) is 0. The first-order valence-electron chi connectivity index (χ1n) is 11.9. The number of hydrogen-bond donors (Lipinski definition) is 1. The van der Waals surface area contributed by atoms with E-state index in [-0.39, 0.29) is 17.9 Å². The highest BCUT2D eigenvalue weighted by Gasteiger charge is 2.31. The number of benzene rings is 2. The number of ether oxygens (including phenoxy) is 1. The summed E-state index contributed by atoms with van der Waals surface area (Å²) in [5, 5.41) is 10.2. The first kappa shape index (κ1) is 26.3. The summed E-state index contributed by atoms with van der Waals surface area (Å²) in [4.78, 5) is 20.2. The minimum Gasteiger partial charge on any atom is -0.481 e. The Labute approximate surface area is 226 Å². The molecule has 3 aromatic heterocycles. The molecule has 0 bridgehead atoms. The fourth-order valence-corrected chi connectivity index (χ4v) is 5.04. The molecule has 39 heavy (non-hydrogen) atoms. The standard InChI is InChI=1S/C29H22F3N3O3S/c1-18-13-22(29(30,31)32)16-34-28(18)38-23-6-8-24(9-7-23)39-35-17-21(5-11-27(36)37)25-14-19(4-10-26(25)35)20-3-2-12-33-15-20/h2-4,6-10,12-17H,5,11H2,1H3,(H,36,37). The highest BCUT2D eigenvalue weighted by molar-refractivity contribution is 7.98. The van der Waals surface area contributed by atoms with Crippen LogP contribution in [0.2, 0.25) is 0 Å². The summed E-state index contributed by atoms with van der Waals surface area (Å²) in [6, 6.07) is 18.0. The van der Waals surface area contributed by atoms with Gasteiger partial charge in [-0.2, -0.15) is 13.2 Å². The Bertz CT molecular complexity index is 1640. The lowest BCUT2D eigenvalue weighted by Crippen LogP contribution is -2.06. The highest BCUT2D eigenvalue weighted by Crippen LogP contribution is 2.35. The molecule has 0 saturated carbocycles. The number of halogens is 3. The van der Waals surface area contributed by atoms with Gasteiger partial charge in [-0.25, -0.2) is 4.98 Å². The van der Waals surface area contributed by atoms with Gasteiger partial charge >= 0.3 is 12.1 Å². The van der Waals surface area contributed by atoms with Gasteiger partial charge in [0.1, 0.15) is 5.75 Å². The van der Waals surface area contributed by atoms with Crippen LogP contribution in [0.25, 0.3) is 22.0 Å². The average Bonchev–Trinajstić information content (AvgIpc) is 3.26. The highest BCUT2D eigenvalue weighted by atomic mass is 32.2. The summed E-state index contributed by atoms with van der Waals surface area (Å²) in [6.07, 6.45) is 2.15. The summed E-state index contributed by atoms with van der Waals surface area (Å²) in [6.45, 7) is 1.51. The number of nitrogens with zero attached hydrogens (tertiary/aromatic N) is 3. The number of carbonyl (C=O) groups is 1. The maximum Gasteiger partial charge on any atom is 0.417 e. The monoisotopic (exact) mass is 549 g/mol. The number of rotatable bonds is 8. The van der Waals surface area contributed by atoms with Gasteiger partial charge in [-0.3, -0.25) is 13.8 Å². The summed E-state index contributed by atoms with van der Waals surface area (Å²) in [5.74, 6) is -0.317. The Morgan fingerprint density at radius 1 is 1.05 bits per heavy atom. The third-order valence-electron chi connectivity index (χ3n) is 6.06. The van der Waals surface area contributed by atoms with Crippen molar-refractivity contribution in [2.75, 3.05) is 0 Å². The normalized spacial score (nSPS) is 11.6. The summed E-state index contributed by atoms with van der Waals surface area (Å²) in [5.41, 5.74) is 3.28. The van der Waals surface area contributed by atoms with E-state index in [1.54, 1.807) is 24.5 Å². The molecule has 3 heterocycles. The van der Waals surface area contributed by atoms with E-state index in [9.17, 15) is 23.1 Å². The number of aryl methyl sites for hydroxylation is 2. The van der Waals surface area contributed by atoms with Gasteiger partial charge in [0.2, 0.25) is 5.88 Å². The molecule has 1 N–H and O–H groups in total. The average molecular weight is 550 g/mol. The van der Waals surface area contributed by atoms with E-state index in [1.165, 1.54) is 18.9 Å². The van der Waals surface area contributed by atoms with Crippen LogP contribution in [-0.2, 0) is 17.4 Å². The quantitative estimate of drug-likeness (QED) is 0.213. The molecule has 5 rings (SSSR count). The van der Waals surface area contributed by atoms with Gasteiger partial charge in [0.05, 0.1) is 11.1 Å². The van der Waals surface area contributed by atoms with Crippen LogP contribution in [0.3, 0.4) is 0 Å². The number of aliphatic carboxylic acids is 1. The van der Waals surface area contributed by atoms with Crippen LogP contribution in [-0.4, -0.2) is 25.0 Å². The van der Waals surface area contributed by atoms with Crippen molar-refractivity contribution < 1.29 is 27.8 Å². The molecule has 5 aromatic rings. The molecule has 0 aliphatic heterocycles. The SMILES string of the molecule is Cc1cc(C(F)(F)F)cnc1Oc1ccc(Sn2cc(CCC(=O)O)c3cc(-c4cccnc4)ccc32)cc1. The minimum atomic E-state index is -4.47. The Kier molecular flexibility index (Phi) is 7.30. The number of carboxylic acids is 1. The van der Waals surface area contributed by atoms with Crippen molar-refractivity contribution in [3.8, 4) is 22.8 Å². The molecule has 198 valence electrons. The van der Waals surface area contributed by atoms with Gasteiger partial charge in [-0.15, -0.1) is 0 Å². The first-order valence-corrected chi connectivity index (χ1v) is 12.7. The molecule has 6 nitrogen and oxygen atoms in total. The Morgan fingerprint density at radius 2 is 1.85 bits per heavy atom. The molecule has 0 unspecified atom stereocenters. The zero-order valence-electron chi connectivity index (χ0n) is 20.6. The third kappa shape index (κ3) is 6.06. The van der Waals surface area contributed by atoms with E-state index >= 15 is 0 Å². The molecule has 0 saturated heterocycles. The predicted molar refractivity (Wildman–Crippen MR) is 143 cm³/mol. The minimum absolute atomic E-state index is 0.0182. The van der Waals surface area contributed by atoms with Gasteiger partial charge in [0.25, 0.3) is 0 Å². The van der Waals surface area contributed by atoms with Crippen LogP contribution in [0.5, 0.6) is 11.6 Å². The zero-order chi connectivity index (χ0) is 27.6. The maximum atomic E-state index is 12.9. The molecular formula is C29H22F3N3O3S. The molecule has 0 aliphatic carbocycles. The topological polar surface area (TPSA) is 77.2 Å². The van der Waals surface area contributed by atoms with E-state index in [2.05, 4.69) is 16.0 Å². The Morgan fingerprint density at radius 3 is 2.51 bits per heavy atom. The van der Waals surface area contributed by atoms with E-state index < -0.39 is 17.7 Å². The lowest BCUT2D eigenvalue weighted by Gasteiger charge is -2.11.